The SMILES string of the molecule is O=C(C#CN1CCCC1)c1ccc2[nH]c(=O)oc2c1. The fourth-order valence-electron chi connectivity index (χ4n) is 2.12. The Hall–Kier alpha value is -2.48. The number of likely N-dealkylation sites (tertiary alicyclic amines) is 1. The number of aromatic amines is 1. The molecule has 5 heteroatoms. The van der Waals surface area contributed by atoms with Crippen molar-refractivity contribution in [3.05, 3.63) is 34.3 Å². The third-order valence-corrected chi connectivity index (χ3v) is 3.12. The van der Waals surface area contributed by atoms with Crippen molar-refractivity contribution in [3.8, 4) is 12.0 Å². The Morgan fingerprint density at radius 3 is 2.89 bits per heavy atom. The molecular formula is C14H12N2O3. The van der Waals surface area contributed by atoms with Gasteiger partial charge >= 0.3 is 5.76 Å². The summed E-state index contributed by atoms with van der Waals surface area (Å²) in [6.45, 7) is 1.85. The number of Topliss-reactive ketones (excluding diaryl/α,β-unsaturated/α-hetero) is 1. The molecule has 1 aromatic heterocycles. The number of carbonyl (C=O) groups excluding carboxylic acids is 1. The van der Waals surface area contributed by atoms with Gasteiger partial charge in [-0.1, -0.05) is 0 Å². The van der Waals surface area contributed by atoms with E-state index in [4.69, 9.17) is 4.42 Å². The van der Waals surface area contributed by atoms with E-state index in [-0.39, 0.29) is 5.78 Å². The number of fused-ring (bicyclic) bond motifs is 1. The van der Waals surface area contributed by atoms with E-state index in [0.29, 0.717) is 16.7 Å². The van der Waals surface area contributed by atoms with Crippen LogP contribution in [-0.4, -0.2) is 28.8 Å². The predicted octanol–water partition coefficient (Wildman–Crippen LogP) is 1.36. The second-order valence-electron chi connectivity index (χ2n) is 4.49. The van der Waals surface area contributed by atoms with Crippen LogP contribution in [0.5, 0.6) is 0 Å². The van der Waals surface area contributed by atoms with Crippen molar-refractivity contribution in [2.45, 2.75) is 12.8 Å². The van der Waals surface area contributed by atoms with Gasteiger partial charge in [-0.15, -0.1) is 0 Å². The third-order valence-electron chi connectivity index (χ3n) is 3.12. The summed E-state index contributed by atoms with van der Waals surface area (Å²) in [7, 11) is 0. The molecule has 0 atom stereocenters. The molecule has 96 valence electrons. The summed E-state index contributed by atoms with van der Waals surface area (Å²) in [6.07, 6.45) is 2.26. The van der Waals surface area contributed by atoms with Gasteiger partial charge in [0.25, 0.3) is 0 Å². The normalized spacial score (nSPS) is 14.4. The first-order valence-corrected chi connectivity index (χ1v) is 6.16. The van der Waals surface area contributed by atoms with Crippen molar-refractivity contribution in [2.75, 3.05) is 13.1 Å². The van der Waals surface area contributed by atoms with Crippen LogP contribution in [0, 0.1) is 12.0 Å². The van der Waals surface area contributed by atoms with E-state index in [0.717, 1.165) is 25.9 Å². The van der Waals surface area contributed by atoms with E-state index in [1.165, 1.54) is 6.07 Å². The highest BCUT2D eigenvalue weighted by atomic mass is 16.4. The fraction of sp³-hybridized carbons (Fsp3) is 0.286. The lowest BCUT2D eigenvalue weighted by molar-refractivity contribution is 0.105. The van der Waals surface area contributed by atoms with Crippen molar-refractivity contribution in [1.82, 2.24) is 9.88 Å². The van der Waals surface area contributed by atoms with E-state index in [1.54, 1.807) is 12.1 Å². The van der Waals surface area contributed by atoms with Gasteiger partial charge in [-0.2, -0.15) is 0 Å². The van der Waals surface area contributed by atoms with Crippen LogP contribution in [0.4, 0.5) is 0 Å². The van der Waals surface area contributed by atoms with Crippen LogP contribution in [0.15, 0.2) is 27.4 Å². The maximum absolute atomic E-state index is 11.9. The molecule has 1 fully saturated rings. The predicted molar refractivity (Wildman–Crippen MR) is 69.7 cm³/mol. The zero-order chi connectivity index (χ0) is 13.2. The average Bonchev–Trinajstić information content (AvgIpc) is 3.02. The molecule has 1 aromatic carbocycles. The second-order valence-corrected chi connectivity index (χ2v) is 4.49. The molecule has 1 saturated heterocycles. The van der Waals surface area contributed by atoms with E-state index >= 15 is 0 Å². The van der Waals surface area contributed by atoms with Gasteiger partial charge in [0.05, 0.1) is 5.52 Å². The van der Waals surface area contributed by atoms with Crippen LogP contribution in [0.1, 0.15) is 23.2 Å². The fourth-order valence-corrected chi connectivity index (χ4v) is 2.12. The van der Waals surface area contributed by atoms with Gasteiger partial charge in [0.15, 0.2) is 5.58 Å². The number of nitrogens with zero attached hydrogens (tertiary/aromatic N) is 1. The molecule has 19 heavy (non-hydrogen) atoms. The van der Waals surface area contributed by atoms with Crippen molar-refractivity contribution >= 4 is 16.9 Å². The van der Waals surface area contributed by atoms with Gasteiger partial charge in [0.2, 0.25) is 5.78 Å². The Bertz CT molecular complexity index is 739. The lowest BCUT2D eigenvalue weighted by atomic mass is 10.1. The van der Waals surface area contributed by atoms with Crippen molar-refractivity contribution in [2.24, 2.45) is 0 Å². The molecular weight excluding hydrogens is 244 g/mol. The van der Waals surface area contributed by atoms with Crippen LogP contribution in [0.25, 0.3) is 11.1 Å². The topological polar surface area (TPSA) is 66.3 Å². The first kappa shape index (κ1) is 11.6. The lowest BCUT2D eigenvalue weighted by Crippen LogP contribution is -2.12. The Kier molecular flexibility index (Phi) is 2.84. The summed E-state index contributed by atoms with van der Waals surface area (Å²) in [4.78, 5) is 27.4. The van der Waals surface area contributed by atoms with Crippen LogP contribution >= 0.6 is 0 Å². The highest BCUT2D eigenvalue weighted by Gasteiger charge is 2.09. The third kappa shape index (κ3) is 2.38. The monoisotopic (exact) mass is 256 g/mol. The van der Waals surface area contributed by atoms with Crippen LogP contribution in [-0.2, 0) is 0 Å². The number of hydrogen-bond donors (Lipinski definition) is 1. The molecule has 0 bridgehead atoms. The summed E-state index contributed by atoms with van der Waals surface area (Å²) in [5.74, 6) is 1.83. The Balaban J connectivity index is 1.86. The number of nitrogens with one attached hydrogen (secondary N) is 1. The molecule has 0 saturated carbocycles. The summed E-state index contributed by atoms with van der Waals surface area (Å²) in [6, 6.07) is 7.68. The van der Waals surface area contributed by atoms with Gasteiger partial charge in [-0.25, -0.2) is 4.79 Å². The molecule has 0 aliphatic carbocycles. The molecule has 0 amide bonds. The zero-order valence-corrected chi connectivity index (χ0v) is 10.2. The maximum Gasteiger partial charge on any atom is 0.417 e. The molecule has 1 aliphatic heterocycles. The highest BCUT2D eigenvalue weighted by Crippen LogP contribution is 2.12. The molecule has 2 heterocycles. The Morgan fingerprint density at radius 1 is 1.32 bits per heavy atom. The minimum atomic E-state index is -0.525. The number of carbonyl (C=O) groups is 1. The molecule has 1 N–H and O–H groups in total. The van der Waals surface area contributed by atoms with Crippen LogP contribution in [0.2, 0.25) is 0 Å². The summed E-state index contributed by atoms with van der Waals surface area (Å²) < 4.78 is 4.91. The quantitative estimate of drug-likeness (QED) is 0.618. The minimum Gasteiger partial charge on any atom is -0.408 e. The van der Waals surface area contributed by atoms with Gasteiger partial charge in [0.1, 0.15) is 0 Å². The molecule has 0 unspecified atom stereocenters. The van der Waals surface area contributed by atoms with Gasteiger partial charge < -0.3 is 9.32 Å². The van der Waals surface area contributed by atoms with Crippen LogP contribution in [0.3, 0.4) is 0 Å². The van der Waals surface area contributed by atoms with Crippen molar-refractivity contribution in [1.29, 1.82) is 0 Å². The Morgan fingerprint density at radius 2 is 2.11 bits per heavy atom. The molecule has 0 spiro atoms. The van der Waals surface area contributed by atoms with E-state index in [9.17, 15) is 9.59 Å². The van der Waals surface area contributed by atoms with E-state index < -0.39 is 5.76 Å². The number of hydrogen-bond acceptors (Lipinski definition) is 4. The zero-order valence-electron chi connectivity index (χ0n) is 10.2. The number of benzene rings is 1. The number of aromatic nitrogens is 1. The second kappa shape index (κ2) is 4.65. The molecule has 3 rings (SSSR count). The van der Waals surface area contributed by atoms with Gasteiger partial charge in [-0.3, -0.25) is 9.78 Å². The minimum absolute atomic E-state index is 0.266. The number of rotatable bonds is 1. The summed E-state index contributed by atoms with van der Waals surface area (Å²) in [5.41, 5.74) is 1.38. The van der Waals surface area contributed by atoms with Crippen molar-refractivity contribution in [3.63, 3.8) is 0 Å². The summed E-state index contributed by atoms with van der Waals surface area (Å²) >= 11 is 0. The standard InChI is InChI=1S/C14H12N2O3/c17-12(5-8-16-6-1-2-7-16)10-3-4-11-13(9-10)19-14(18)15-11/h3-4,9H,1-2,6-7H2,(H,15,18). The van der Waals surface area contributed by atoms with Crippen LogP contribution < -0.4 is 5.76 Å². The van der Waals surface area contributed by atoms with Gasteiger partial charge in [-0.05, 0) is 37.0 Å². The first-order chi connectivity index (χ1) is 9.22. The smallest absolute Gasteiger partial charge is 0.408 e. The van der Waals surface area contributed by atoms with Gasteiger partial charge in [0, 0.05) is 24.7 Å². The number of ketones is 1. The molecule has 0 radical (unpaired) electrons. The first-order valence-electron chi connectivity index (χ1n) is 6.16. The highest BCUT2D eigenvalue weighted by molar-refractivity contribution is 6.10. The number of oxazole rings is 1. The molecule has 1 aliphatic rings. The molecule has 2 aromatic rings. The number of H-pyrrole nitrogens is 1. The van der Waals surface area contributed by atoms with E-state index in [2.05, 4.69) is 16.9 Å². The maximum atomic E-state index is 11.9. The van der Waals surface area contributed by atoms with Crippen molar-refractivity contribution < 1.29 is 9.21 Å². The summed E-state index contributed by atoms with van der Waals surface area (Å²) in [5, 5.41) is 0. The largest absolute Gasteiger partial charge is 0.417 e. The average molecular weight is 256 g/mol. The Labute approximate surface area is 109 Å². The molecule has 5 nitrogen and oxygen atoms in total. The lowest BCUT2D eigenvalue weighted by Gasteiger charge is -2.04. The van der Waals surface area contributed by atoms with E-state index in [1.807, 2.05) is 4.90 Å².